The molecule has 0 amide bonds. The number of allylic oxidation sites excluding steroid dienone is 1. The number of benzene rings is 3. The fraction of sp³-hybridized carbons (Fsp3) is 0.148. The molecule has 0 aliphatic rings. The minimum Gasteiger partial charge on any atom is -0.493 e. The summed E-state index contributed by atoms with van der Waals surface area (Å²) in [5.74, 6) is 1.23. The van der Waals surface area contributed by atoms with Gasteiger partial charge in [-0.25, -0.2) is 0 Å². The number of anilines is 1. The molecule has 0 aliphatic carbocycles. The lowest BCUT2D eigenvalue weighted by Crippen LogP contribution is -2.05. The first-order valence-corrected chi connectivity index (χ1v) is 10.5. The summed E-state index contributed by atoms with van der Waals surface area (Å²) in [7, 11) is 4.66. The number of methoxy groups -OCH3 is 3. The van der Waals surface area contributed by atoms with Crippen LogP contribution < -0.4 is 19.5 Å². The number of ether oxygens (including phenoxy) is 3. The average molecular weight is 483 g/mol. The van der Waals surface area contributed by atoms with Crippen LogP contribution in [-0.2, 0) is 6.18 Å². The van der Waals surface area contributed by atoms with Crippen LogP contribution >= 0.6 is 0 Å². The molecule has 8 heteroatoms. The molecule has 0 aromatic heterocycles. The van der Waals surface area contributed by atoms with Crippen LogP contribution in [0.5, 0.6) is 17.2 Å². The fourth-order valence-electron chi connectivity index (χ4n) is 3.21. The Morgan fingerprint density at radius 1 is 0.800 bits per heavy atom. The maximum absolute atomic E-state index is 12.6. The summed E-state index contributed by atoms with van der Waals surface area (Å²) in [6.45, 7) is 0. The Hall–Kier alpha value is -4.20. The van der Waals surface area contributed by atoms with E-state index in [0.29, 0.717) is 17.2 Å². The second kappa shape index (κ2) is 11.3. The van der Waals surface area contributed by atoms with Gasteiger partial charge < -0.3 is 19.5 Å². The van der Waals surface area contributed by atoms with E-state index in [2.05, 4.69) is 5.32 Å². The highest BCUT2D eigenvalue weighted by molar-refractivity contribution is 6.04. The molecule has 0 spiro atoms. The molecule has 35 heavy (non-hydrogen) atoms. The lowest BCUT2D eigenvalue weighted by atomic mass is 10.1. The minimum absolute atomic E-state index is 0.170. The first-order valence-electron chi connectivity index (χ1n) is 10.5. The van der Waals surface area contributed by atoms with Gasteiger partial charge in [0.05, 0.1) is 26.9 Å². The number of rotatable bonds is 9. The normalized spacial score (nSPS) is 11.6. The highest BCUT2D eigenvalue weighted by atomic mass is 19.4. The molecule has 3 aromatic rings. The summed E-state index contributed by atoms with van der Waals surface area (Å²) >= 11 is 0. The number of carbonyl (C=O) groups is 1. The van der Waals surface area contributed by atoms with Gasteiger partial charge in [0.25, 0.3) is 0 Å². The van der Waals surface area contributed by atoms with E-state index in [0.717, 1.165) is 41.1 Å². The Morgan fingerprint density at radius 3 is 1.89 bits per heavy atom. The number of hydrogen-bond donors (Lipinski definition) is 1. The molecule has 0 radical (unpaired) electrons. The summed E-state index contributed by atoms with van der Waals surface area (Å²) in [5.41, 5.74) is 1.92. The second-order valence-corrected chi connectivity index (χ2v) is 7.33. The zero-order chi connectivity index (χ0) is 25.4. The third kappa shape index (κ3) is 6.66. The van der Waals surface area contributed by atoms with Crippen molar-refractivity contribution in [3.8, 4) is 17.2 Å². The van der Waals surface area contributed by atoms with Crippen molar-refractivity contribution in [2.45, 2.75) is 6.18 Å². The number of hydrogen-bond acceptors (Lipinski definition) is 5. The third-order valence-electron chi connectivity index (χ3n) is 5.05. The van der Waals surface area contributed by atoms with Crippen LogP contribution in [-0.4, -0.2) is 27.1 Å². The molecule has 0 saturated heterocycles. The third-order valence-corrected chi connectivity index (χ3v) is 5.05. The van der Waals surface area contributed by atoms with Gasteiger partial charge in [0, 0.05) is 23.5 Å². The monoisotopic (exact) mass is 483 g/mol. The molecule has 0 aliphatic heterocycles. The van der Waals surface area contributed by atoms with Gasteiger partial charge in [0.1, 0.15) is 0 Å². The minimum atomic E-state index is -4.44. The molecule has 0 atom stereocenters. The SMILES string of the molecule is COc1cc(/C=C\c2ccc(N/C=C\C(=O)c3ccc(C(F)(F)F)cc3)cc2)cc(OC)c1OC. The highest BCUT2D eigenvalue weighted by Crippen LogP contribution is 2.38. The lowest BCUT2D eigenvalue weighted by Gasteiger charge is -2.12. The van der Waals surface area contributed by atoms with Crippen molar-refractivity contribution in [2.24, 2.45) is 0 Å². The van der Waals surface area contributed by atoms with Crippen molar-refractivity contribution in [3.05, 3.63) is 95.2 Å². The number of nitrogens with one attached hydrogen (secondary N) is 1. The van der Waals surface area contributed by atoms with Gasteiger partial charge in [-0.2, -0.15) is 13.2 Å². The molecular formula is C27H24F3NO4. The Morgan fingerprint density at radius 2 is 1.37 bits per heavy atom. The van der Waals surface area contributed by atoms with E-state index in [9.17, 15) is 18.0 Å². The zero-order valence-corrected chi connectivity index (χ0v) is 19.3. The predicted molar refractivity (Wildman–Crippen MR) is 130 cm³/mol. The Labute approximate surface area is 201 Å². The quantitative estimate of drug-likeness (QED) is 0.208. The van der Waals surface area contributed by atoms with Crippen molar-refractivity contribution in [2.75, 3.05) is 26.6 Å². The van der Waals surface area contributed by atoms with Gasteiger partial charge in [-0.15, -0.1) is 0 Å². The molecule has 3 aromatic carbocycles. The van der Waals surface area contributed by atoms with Gasteiger partial charge in [0.2, 0.25) is 5.75 Å². The van der Waals surface area contributed by atoms with E-state index in [4.69, 9.17) is 14.2 Å². The predicted octanol–water partition coefficient (Wildman–Crippen LogP) is 6.71. The van der Waals surface area contributed by atoms with Gasteiger partial charge in [0.15, 0.2) is 17.3 Å². The molecule has 5 nitrogen and oxygen atoms in total. The Bertz CT molecular complexity index is 1190. The largest absolute Gasteiger partial charge is 0.493 e. The van der Waals surface area contributed by atoms with Crippen molar-refractivity contribution in [1.29, 1.82) is 0 Å². The molecule has 0 bridgehead atoms. The van der Waals surface area contributed by atoms with E-state index in [1.807, 2.05) is 48.6 Å². The Balaban J connectivity index is 1.62. The van der Waals surface area contributed by atoms with Crippen LogP contribution in [0.15, 0.2) is 72.9 Å². The van der Waals surface area contributed by atoms with Crippen LogP contribution in [0, 0.1) is 0 Å². The van der Waals surface area contributed by atoms with Gasteiger partial charge in [-0.3, -0.25) is 4.79 Å². The van der Waals surface area contributed by atoms with Crippen LogP contribution in [0.4, 0.5) is 18.9 Å². The van der Waals surface area contributed by atoms with Crippen LogP contribution in [0.2, 0.25) is 0 Å². The molecule has 0 unspecified atom stereocenters. The maximum Gasteiger partial charge on any atom is 0.416 e. The van der Waals surface area contributed by atoms with Crippen LogP contribution in [0.1, 0.15) is 27.0 Å². The van der Waals surface area contributed by atoms with Gasteiger partial charge >= 0.3 is 6.18 Å². The summed E-state index contributed by atoms with van der Waals surface area (Å²) in [6, 6.07) is 15.2. The number of ketones is 1. The molecule has 182 valence electrons. The Kier molecular flexibility index (Phi) is 8.20. The van der Waals surface area contributed by atoms with E-state index in [1.54, 1.807) is 21.3 Å². The smallest absolute Gasteiger partial charge is 0.416 e. The van der Waals surface area contributed by atoms with Crippen LogP contribution in [0.3, 0.4) is 0 Å². The molecule has 0 heterocycles. The number of halogens is 3. The number of alkyl halides is 3. The maximum atomic E-state index is 12.6. The molecule has 1 N–H and O–H groups in total. The summed E-state index contributed by atoms with van der Waals surface area (Å²) < 4.78 is 54.0. The summed E-state index contributed by atoms with van der Waals surface area (Å²) in [4.78, 5) is 12.2. The van der Waals surface area contributed by atoms with Crippen molar-refractivity contribution in [3.63, 3.8) is 0 Å². The van der Waals surface area contributed by atoms with Crippen molar-refractivity contribution < 1.29 is 32.2 Å². The summed E-state index contributed by atoms with van der Waals surface area (Å²) in [5, 5.41) is 2.97. The van der Waals surface area contributed by atoms with E-state index < -0.39 is 17.5 Å². The van der Waals surface area contributed by atoms with E-state index >= 15 is 0 Å². The lowest BCUT2D eigenvalue weighted by molar-refractivity contribution is -0.137. The molecule has 0 fully saturated rings. The van der Waals surface area contributed by atoms with E-state index in [-0.39, 0.29) is 5.56 Å². The van der Waals surface area contributed by atoms with Crippen molar-refractivity contribution >= 4 is 23.6 Å². The zero-order valence-electron chi connectivity index (χ0n) is 19.3. The first kappa shape index (κ1) is 25.4. The standard InChI is InChI=1S/C27H24F3NO4/c1-33-24-16-19(17-25(34-2)26(24)35-3)5-4-18-6-12-22(13-7-18)31-15-14-23(32)20-8-10-21(11-9-20)27(28,29)30/h4-17,31H,1-3H3/b5-4-,15-14-. The second-order valence-electron chi connectivity index (χ2n) is 7.33. The first-order chi connectivity index (χ1) is 16.7. The molecular weight excluding hydrogens is 459 g/mol. The van der Waals surface area contributed by atoms with Gasteiger partial charge in [-0.05, 0) is 47.5 Å². The highest BCUT2D eigenvalue weighted by Gasteiger charge is 2.30. The summed E-state index contributed by atoms with van der Waals surface area (Å²) in [6.07, 6.45) is 2.11. The van der Waals surface area contributed by atoms with Gasteiger partial charge in [-0.1, -0.05) is 36.4 Å². The molecule has 3 rings (SSSR count). The number of carbonyl (C=O) groups excluding carboxylic acids is 1. The van der Waals surface area contributed by atoms with Crippen molar-refractivity contribution in [1.82, 2.24) is 0 Å². The molecule has 0 saturated carbocycles. The van der Waals surface area contributed by atoms with Crippen LogP contribution in [0.25, 0.3) is 12.2 Å². The topological polar surface area (TPSA) is 56.8 Å². The average Bonchev–Trinajstić information content (AvgIpc) is 2.86. The fourth-order valence-corrected chi connectivity index (χ4v) is 3.21. The van der Waals surface area contributed by atoms with E-state index in [1.165, 1.54) is 12.3 Å².